The van der Waals surface area contributed by atoms with Crippen molar-refractivity contribution in [3.63, 3.8) is 0 Å². The molecule has 0 bridgehead atoms. The molecule has 1 aromatic heterocycles. The largest absolute Gasteiger partial charge is 0.350 e. The highest BCUT2D eigenvalue weighted by atomic mass is 16.1. The van der Waals surface area contributed by atoms with Crippen molar-refractivity contribution in [1.29, 1.82) is 0 Å². The summed E-state index contributed by atoms with van der Waals surface area (Å²) < 4.78 is 0. The molecule has 21 heavy (non-hydrogen) atoms. The minimum Gasteiger partial charge on any atom is -0.350 e. The molecule has 0 radical (unpaired) electrons. The number of hydrogen-bond acceptors (Lipinski definition) is 3. The molecular weight excluding hydrogens is 262 g/mol. The van der Waals surface area contributed by atoms with Crippen molar-refractivity contribution in [1.82, 2.24) is 10.3 Å². The Morgan fingerprint density at radius 3 is 2.86 bits per heavy atom. The Morgan fingerprint density at radius 1 is 1.38 bits per heavy atom. The van der Waals surface area contributed by atoms with Crippen LogP contribution in [0.5, 0.6) is 0 Å². The zero-order chi connectivity index (χ0) is 15.0. The Bertz CT molecular complexity index is 692. The van der Waals surface area contributed by atoms with Crippen molar-refractivity contribution < 1.29 is 4.79 Å². The molecule has 0 spiro atoms. The van der Waals surface area contributed by atoms with E-state index in [0.717, 1.165) is 22.2 Å². The van der Waals surface area contributed by atoms with Crippen molar-refractivity contribution in [2.75, 3.05) is 6.54 Å². The first-order valence-corrected chi connectivity index (χ1v) is 7.46. The third-order valence-electron chi connectivity index (χ3n) is 4.13. The molecule has 0 saturated heterocycles. The van der Waals surface area contributed by atoms with E-state index in [1.807, 2.05) is 32.0 Å². The molecule has 2 aromatic rings. The zero-order valence-corrected chi connectivity index (χ0v) is 12.5. The Kier molecular flexibility index (Phi) is 3.64. The Balaban J connectivity index is 1.81. The number of carbonyl (C=O) groups excluding carboxylic acids is 1. The van der Waals surface area contributed by atoms with Crippen LogP contribution >= 0.6 is 0 Å². The lowest BCUT2D eigenvalue weighted by atomic mass is 10.1. The summed E-state index contributed by atoms with van der Waals surface area (Å²) >= 11 is 0. The van der Waals surface area contributed by atoms with Crippen molar-refractivity contribution in [3.05, 3.63) is 41.1 Å². The second-order valence-electron chi connectivity index (χ2n) is 6.03. The third kappa shape index (κ3) is 3.05. The van der Waals surface area contributed by atoms with E-state index in [1.54, 1.807) is 0 Å². The number of pyridine rings is 1. The topological polar surface area (TPSA) is 68.0 Å². The van der Waals surface area contributed by atoms with Gasteiger partial charge in [-0.3, -0.25) is 9.78 Å². The normalized spacial score (nSPS) is 16.0. The highest BCUT2D eigenvalue weighted by Gasteiger charge is 2.28. The summed E-state index contributed by atoms with van der Waals surface area (Å²) in [5.74, 6) is 0.503. The smallest absolute Gasteiger partial charge is 0.253 e. The maximum Gasteiger partial charge on any atom is 0.253 e. The summed E-state index contributed by atoms with van der Waals surface area (Å²) in [7, 11) is 0. The fourth-order valence-electron chi connectivity index (χ4n) is 2.62. The maximum absolute atomic E-state index is 12.3. The minimum absolute atomic E-state index is 0.0740. The van der Waals surface area contributed by atoms with E-state index in [4.69, 9.17) is 5.73 Å². The fraction of sp³-hybridized carbons (Fsp3) is 0.412. The van der Waals surface area contributed by atoms with Gasteiger partial charge in [-0.15, -0.1) is 0 Å². The molecular formula is C17H21N3O. The first-order valence-electron chi connectivity index (χ1n) is 7.46. The van der Waals surface area contributed by atoms with E-state index < -0.39 is 0 Å². The number of nitrogens with two attached hydrogens (primary N) is 1. The number of amides is 1. The summed E-state index contributed by atoms with van der Waals surface area (Å²) in [4.78, 5) is 16.9. The van der Waals surface area contributed by atoms with Crippen LogP contribution in [0.4, 0.5) is 0 Å². The van der Waals surface area contributed by atoms with E-state index in [-0.39, 0.29) is 11.9 Å². The molecule has 1 heterocycles. The van der Waals surface area contributed by atoms with Gasteiger partial charge in [0.05, 0.1) is 16.8 Å². The van der Waals surface area contributed by atoms with Gasteiger partial charge in [-0.1, -0.05) is 11.6 Å². The maximum atomic E-state index is 12.3. The molecule has 1 aliphatic rings. The van der Waals surface area contributed by atoms with Crippen LogP contribution in [0.1, 0.15) is 34.5 Å². The highest BCUT2D eigenvalue weighted by Crippen LogP contribution is 2.31. The Hall–Kier alpha value is -1.94. The predicted octanol–water partition coefficient (Wildman–Crippen LogP) is 2.32. The monoisotopic (exact) mass is 283 g/mol. The lowest BCUT2D eigenvalue weighted by Gasteiger charge is -2.13. The highest BCUT2D eigenvalue weighted by molar-refractivity contribution is 5.98. The quantitative estimate of drug-likeness (QED) is 0.905. The van der Waals surface area contributed by atoms with Crippen LogP contribution < -0.4 is 11.1 Å². The number of benzene rings is 1. The molecule has 1 atom stereocenters. The van der Waals surface area contributed by atoms with Gasteiger partial charge < -0.3 is 11.1 Å². The number of rotatable bonds is 4. The third-order valence-corrected chi connectivity index (χ3v) is 4.13. The molecule has 3 N–H and O–H groups in total. The number of aromatic nitrogens is 1. The molecule has 3 rings (SSSR count). The van der Waals surface area contributed by atoms with Crippen LogP contribution in [0.2, 0.25) is 0 Å². The SMILES string of the molecule is Cc1ccc2nc(C)c(C(=O)NCC(N)C3CC3)cc2c1. The lowest BCUT2D eigenvalue weighted by Crippen LogP contribution is -2.38. The molecule has 1 aliphatic carbocycles. The van der Waals surface area contributed by atoms with Gasteiger partial charge in [0.2, 0.25) is 0 Å². The average Bonchev–Trinajstić information content (AvgIpc) is 3.28. The molecule has 1 fully saturated rings. The molecule has 4 nitrogen and oxygen atoms in total. The summed E-state index contributed by atoms with van der Waals surface area (Å²) in [6.07, 6.45) is 2.37. The van der Waals surface area contributed by atoms with Crippen LogP contribution in [0.15, 0.2) is 24.3 Å². The number of hydrogen-bond donors (Lipinski definition) is 2. The predicted molar refractivity (Wildman–Crippen MR) is 84.2 cm³/mol. The molecule has 1 saturated carbocycles. The summed E-state index contributed by atoms with van der Waals surface area (Å²) in [6.45, 7) is 4.44. The lowest BCUT2D eigenvalue weighted by molar-refractivity contribution is 0.0949. The summed E-state index contributed by atoms with van der Waals surface area (Å²) in [5.41, 5.74) is 9.50. The van der Waals surface area contributed by atoms with Gasteiger partial charge in [0.25, 0.3) is 5.91 Å². The molecule has 1 aromatic carbocycles. The van der Waals surface area contributed by atoms with Gasteiger partial charge in [-0.05, 0) is 50.8 Å². The van der Waals surface area contributed by atoms with Gasteiger partial charge in [0.15, 0.2) is 0 Å². The number of carbonyl (C=O) groups is 1. The van der Waals surface area contributed by atoms with Crippen LogP contribution in [-0.4, -0.2) is 23.5 Å². The first-order chi connectivity index (χ1) is 10.0. The van der Waals surface area contributed by atoms with Crippen LogP contribution in [0, 0.1) is 19.8 Å². The van der Waals surface area contributed by atoms with E-state index in [9.17, 15) is 4.79 Å². The van der Waals surface area contributed by atoms with E-state index in [1.165, 1.54) is 12.8 Å². The molecule has 1 unspecified atom stereocenters. The number of nitrogens with zero attached hydrogens (tertiary/aromatic N) is 1. The van der Waals surface area contributed by atoms with Gasteiger partial charge in [0.1, 0.15) is 0 Å². The van der Waals surface area contributed by atoms with E-state index in [0.29, 0.717) is 18.0 Å². The van der Waals surface area contributed by atoms with Crippen LogP contribution in [-0.2, 0) is 0 Å². The van der Waals surface area contributed by atoms with E-state index in [2.05, 4.69) is 16.4 Å². The number of nitrogens with one attached hydrogen (secondary N) is 1. The van der Waals surface area contributed by atoms with Crippen molar-refractivity contribution >= 4 is 16.8 Å². The molecule has 1 amide bonds. The van der Waals surface area contributed by atoms with Crippen molar-refractivity contribution in [3.8, 4) is 0 Å². The molecule has 0 aliphatic heterocycles. The Morgan fingerprint density at radius 2 is 2.14 bits per heavy atom. The van der Waals surface area contributed by atoms with Gasteiger partial charge in [0, 0.05) is 18.0 Å². The summed E-state index contributed by atoms with van der Waals surface area (Å²) in [5, 5.41) is 3.93. The van der Waals surface area contributed by atoms with Crippen molar-refractivity contribution in [2.24, 2.45) is 11.7 Å². The first kappa shape index (κ1) is 14.0. The summed E-state index contributed by atoms with van der Waals surface area (Å²) in [6, 6.07) is 8.06. The molecule has 110 valence electrons. The zero-order valence-electron chi connectivity index (χ0n) is 12.5. The Labute approximate surface area is 124 Å². The van der Waals surface area contributed by atoms with Gasteiger partial charge >= 0.3 is 0 Å². The van der Waals surface area contributed by atoms with Crippen LogP contribution in [0.3, 0.4) is 0 Å². The second kappa shape index (κ2) is 5.45. The second-order valence-corrected chi connectivity index (χ2v) is 6.03. The standard InChI is InChI=1S/C17H21N3O/c1-10-3-6-16-13(7-10)8-14(11(2)20-16)17(21)19-9-15(18)12-4-5-12/h3,6-8,12,15H,4-5,9,18H2,1-2H3,(H,19,21). The van der Waals surface area contributed by atoms with E-state index >= 15 is 0 Å². The number of aryl methyl sites for hydroxylation is 2. The minimum atomic E-state index is -0.0838. The van der Waals surface area contributed by atoms with Gasteiger partial charge in [-0.2, -0.15) is 0 Å². The van der Waals surface area contributed by atoms with Gasteiger partial charge in [-0.25, -0.2) is 0 Å². The average molecular weight is 283 g/mol. The number of fused-ring (bicyclic) bond motifs is 1. The van der Waals surface area contributed by atoms with Crippen LogP contribution in [0.25, 0.3) is 10.9 Å². The molecule has 4 heteroatoms. The fourth-order valence-corrected chi connectivity index (χ4v) is 2.62. The van der Waals surface area contributed by atoms with Crippen molar-refractivity contribution in [2.45, 2.75) is 32.7 Å².